The Morgan fingerprint density at radius 1 is 1.00 bits per heavy atom. The third-order valence-corrected chi connectivity index (χ3v) is 2.70. The zero-order valence-electron chi connectivity index (χ0n) is 8.64. The minimum atomic E-state index is 0.776. The second-order valence-corrected chi connectivity index (χ2v) is 3.75. The average Bonchev–Trinajstić information content (AvgIpc) is 2.78. The van der Waals surface area contributed by atoms with Crippen molar-refractivity contribution in [3.63, 3.8) is 0 Å². The van der Waals surface area contributed by atoms with E-state index in [1.165, 1.54) is 5.39 Å². The molecule has 0 saturated heterocycles. The van der Waals surface area contributed by atoms with Crippen molar-refractivity contribution < 1.29 is 0 Å². The zero-order chi connectivity index (χ0) is 11.0. The van der Waals surface area contributed by atoms with Gasteiger partial charge >= 0.3 is 0 Å². The number of benzene rings is 1. The fourth-order valence-corrected chi connectivity index (χ4v) is 1.87. The van der Waals surface area contributed by atoms with Gasteiger partial charge in [-0.1, -0.05) is 12.1 Å². The molecular weight excluding hydrogens is 198 g/mol. The van der Waals surface area contributed by atoms with Gasteiger partial charge in [0.2, 0.25) is 0 Å². The smallest absolute Gasteiger partial charge is 0.0646 e. The van der Waals surface area contributed by atoms with E-state index in [1.807, 2.05) is 42.9 Å². The Kier molecular flexibility index (Phi) is 1.90. The zero-order valence-corrected chi connectivity index (χ0v) is 8.64. The Morgan fingerprint density at radius 3 is 2.62 bits per heavy atom. The largest absolute Gasteiger partial charge is 0.399 e. The van der Waals surface area contributed by atoms with Crippen molar-refractivity contribution in [2.24, 2.45) is 0 Å². The lowest BCUT2D eigenvalue weighted by Gasteiger charge is -2.03. The Bertz CT molecular complexity index is 623. The van der Waals surface area contributed by atoms with Crippen LogP contribution in [0.1, 0.15) is 0 Å². The number of anilines is 1. The molecule has 3 rings (SSSR count). The number of nitrogen functional groups attached to an aromatic ring is 1. The van der Waals surface area contributed by atoms with Crippen molar-refractivity contribution in [3.8, 4) is 11.1 Å². The molecule has 0 unspecified atom stereocenters. The van der Waals surface area contributed by atoms with Gasteiger partial charge in [0, 0.05) is 29.0 Å². The lowest BCUT2D eigenvalue weighted by atomic mass is 10.0. The molecule has 3 nitrogen and oxygen atoms in total. The maximum Gasteiger partial charge on any atom is 0.0646 e. The topological polar surface area (TPSA) is 54.7 Å². The van der Waals surface area contributed by atoms with E-state index in [0.717, 1.165) is 22.3 Å². The molecule has 16 heavy (non-hydrogen) atoms. The Morgan fingerprint density at radius 2 is 1.81 bits per heavy atom. The number of aromatic nitrogens is 2. The predicted octanol–water partition coefficient (Wildman–Crippen LogP) is 2.81. The van der Waals surface area contributed by atoms with Crippen molar-refractivity contribution in [3.05, 3.63) is 48.9 Å². The van der Waals surface area contributed by atoms with E-state index in [1.54, 1.807) is 0 Å². The molecule has 0 aliphatic heterocycles. The molecule has 2 aromatic heterocycles. The molecule has 0 atom stereocenters. The van der Waals surface area contributed by atoms with E-state index in [-0.39, 0.29) is 0 Å². The maximum absolute atomic E-state index is 5.68. The van der Waals surface area contributed by atoms with Crippen LogP contribution in [-0.4, -0.2) is 9.97 Å². The molecule has 0 amide bonds. The van der Waals surface area contributed by atoms with Gasteiger partial charge in [-0.25, -0.2) is 0 Å². The van der Waals surface area contributed by atoms with Crippen molar-refractivity contribution in [2.45, 2.75) is 0 Å². The SMILES string of the molecule is Nc1ccc(-c2cncc3[nH]ccc23)cc1. The van der Waals surface area contributed by atoms with E-state index < -0.39 is 0 Å². The van der Waals surface area contributed by atoms with Gasteiger partial charge in [0.25, 0.3) is 0 Å². The monoisotopic (exact) mass is 209 g/mol. The summed E-state index contributed by atoms with van der Waals surface area (Å²) in [5.74, 6) is 0. The number of H-pyrrole nitrogens is 1. The molecule has 0 aliphatic carbocycles. The first-order valence-electron chi connectivity index (χ1n) is 5.11. The summed E-state index contributed by atoms with van der Waals surface area (Å²) < 4.78 is 0. The van der Waals surface area contributed by atoms with Crippen LogP contribution in [0.5, 0.6) is 0 Å². The van der Waals surface area contributed by atoms with Crippen LogP contribution < -0.4 is 5.73 Å². The quantitative estimate of drug-likeness (QED) is 0.605. The molecule has 78 valence electrons. The van der Waals surface area contributed by atoms with Crippen molar-refractivity contribution >= 4 is 16.6 Å². The van der Waals surface area contributed by atoms with Crippen molar-refractivity contribution in [1.82, 2.24) is 9.97 Å². The fourth-order valence-electron chi connectivity index (χ4n) is 1.87. The molecular formula is C13H11N3. The van der Waals surface area contributed by atoms with E-state index in [2.05, 4.69) is 16.0 Å². The normalized spacial score (nSPS) is 10.8. The van der Waals surface area contributed by atoms with Crippen molar-refractivity contribution in [2.75, 3.05) is 5.73 Å². The molecule has 0 spiro atoms. The minimum Gasteiger partial charge on any atom is -0.399 e. The van der Waals surface area contributed by atoms with Crippen LogP contribution >= 0.6 is 0 Å². The lowest BCUT2D eigenvalue weighted by molar-refractivity contribution is 1.34. The first kappa shape index (κ1) is 8.97. The number of fused-ring (bicyclic) bond motifs is 1. The lowest BCUT2D eigenvalue weighted by Crippen LogP contribution is -1.85. The van der Waals surface area contributed by atoms with Crippen LogP contribution in [0, 0.1) is 0 Å². The molecule has 1 aromatic carbocycles. The summed E-state index contributed by atoms with van der Waals surface area (Å²) in [5, 5.41) is 1.18. The van der Waals surface area contributed by atoms with E-state index in [0.29, 0.717) is 0 Å². The maximum atomic E-state index is 5.68. The van der Waals surface area contributed by atoms with Crippen LogP contribution in [-0.2, 0) is 0 Å². The first-order valence-corrected chi connectivity index (χ1v) is 5.11. The molecule has 0 radical (unpaired) electrons. The Labute approximate surface area is 92.9 Å². The summed E-state index contributed by atoms with van der Waals surface area (Å²) in [7, 11) is 0. The number of hydrogen-bond donors (Lipinski definition) is 2. The molecule has 0 saturated carbocycles. The van der Waals surface area contributed by atoms with Gasteiger partial charge in [0.05, 0.1) is 11.7 Å². The third kappa shape index (κ3) is 1.34. The number of nitrogens with zero attached hydrogens (tertiary/aromatic N) is 1. The Balaban J connectivity index is 2.25. The molecule has 2 heterocycles. The standard InChI is InChI=1S/C13H11N3/c14-10-3-1-9(2-4-10)12-7-15-8-13-11(12)5-6-16-13/h1-8,16H,14H2. The van der Waals surface area contributed by atoms with Gasteiger partial charge in [-0.15, -0.1) is 0 Å². The van der Waals surface area contributed by atoms with Crippen LogP contribution in [0.3, 0.4) is 0 Å². The number of nitrogens with two attached hydrogens (primary N) is 1. The van der Waals surface area contributed by atoms with Crippen molar-refractivity contribution in [1.29, 1.82) is 0 Å². The summed E-state index contributed by atoms with van der Waals surface area (Å²) in [4.78, 5) is 7.38. The minimum absolute atomic E-state index is 0.776. The molecule has 0 bridgehead atoms. The van der Waals surface area contributed by atoms with Gasteiger partial charge in [-0.05, 0) is 23.8 Å². The second kappa shape index (κ2) is 3.38. The first-order chi connectivity index (χ1) is 7.84. The van der Waals surface area contributed by atoms with Gasteiger partial charge in [0.1, 0.15) is 0 Å². The average molecular weight is 209 g/mol. The highest BCUT2D eigenvalue weighted by Gasteiger charge is 2.04. The Hall–Kier alpha value is -2.29. The highest BCUT2D eigenvalue weighted by Crippen LogP contribution is 2.27. The summed E-state index contributed by atoms with van der Waals surface area (Å²) >= 11 is 0. The van der Waals surface area contributed by atoms with E-state index >= 15 is 0 Å². The molecule has 0 fully saturated rings. The number of aromatic amines is 1. The fraction of sp³-hybridized carbons (Fsp3) is 0. The summed E-state index contributed by atoms with van der Waals surface area (Å²) in [6.45, 7) is 0. The molecule has 3 heteroatoms. The summed E-state index contributed by atoms with van der Waals surface area (Å²) in [6, 6.07) is 9.89. The van der Waals surface area contributed by atoms with Crippen LogP contribution in [0.15, 0.2) is 48.9 Å². The highest BCUT2D eigenvalue weighted by atomic mass is 14.7. The number of rotatable bonds is 1. The second-order valence-electron chi connectivity index (χ2n) is 3.75. The number of hydrogen-bond acceptors (Lipinski definition) is 2. The van der Waals surface area contributed by atoms with E-state index in [9.17, 15) is 0 Å². The predicted molar refractivity (Wildman–Crippen MR) is 65.9 cm³/mol. The number of pyridine rings is 1. The number of nitrogens with one attached hydrogen (secondary N) is 1. The highest BCUT2D eigenvalue weighted by molar-refractivity contribution is 5.94. The van der Waals surface area contributed by atoms with E-state index in [4.69, 9.17) is 5.73 Å². The van der Waals surface area contributed by atoms with Gasteiger partial charge < -0.3 is 10.7 Å². The summed E-state index contributed by atoms with van der Waals surface area (Å²) in [6.07, 6.45) is 5.63. The van der Waals surface area contributed by atoms with Gasteiger partial charge in [-0.2, -0.15) is 0 Å². The van der Waals surface area contributed by atoms with Crippen LogP contribution in [0.2, 0.25) is 0 Å². The molecule has 3 aromatic rings. The molecule has 0 aliphatic rings. The third-order valence-electron chi connectivity index (χ3n) is 2.70. The van der Waals surface area contributed by atoms with Gasteiger partial charge in [0.15, 0.2) is 0 Å². The molecule has 3 N–H and O–H groups in total. The van der Waals surface area contributed by atoms with Crippen LogP contribution in [0.25, 0.3) is 22.0 Å². The summed E-state index contributed by atoms with van der Waals surface area (Å²) in [5.41, 5.74) is 9.76. The van der Waals surface area contributed by atoms with Crippen LogP contribution in [0.4, 0.5) is 5.69 Å². The van der Waals surface area contributed by atoms with Gasteiger partial charge in [-0.3, -0.25) is 4.98 Å².